The third-order valence-electron chi connectivity index (χ3n) is 5.53. The van der Waals surface area contributed by atoms with E-state index in [0.717, 1.165) is 18.0 Å². The average molecular weight is 296 g/mol. The molecule has 3 heteroatoms. The topological polar surface area (TPSA) is 18.5 Å². The zero-order valence-corrected chi connectivity index (χ0v) is 14.6. The van der Waals surface area contributed by atoms with Crippen LogP contribution in [0.15, 0.2) is 0 Å². The molecule has 1 aliphatic carbocycles. The molecule has 3 atom stereocenters. The number of rotatable bonds is 6. The van der Waals surface area contributed by atoms with E-state index in [1.54, 1.807) is 0 Å². The summed E-state index contributed by atoms with van der Waals surface area (Å²) in [4.78, 5) is 5.35. The third-order valence-corrected chi connectivity index (χ3v) is 5.53. The molecule has 2 rings (SSSR count). The van der Waals surface area contributed by atoms with E-state index in [4.69, 9.17) is 0 Å². The second-order valence-electron chi connectivity index (χ2n) is 7.28. The summed E-state index contributed by atoms with van der Waals surface area (Å²) in [5.41, 5.74) is 0. The van der Waals surface area contributed by atoms with Crippen LogP contribution < -0.4 is 5.32 Å². The lowest BCUT2D eigenvalue weighted by atomic mass is 9.83. The maximum atomic E-state index is 3.83. The van der Waals surface area contributed by atoms with Crippen molar-refractivity contribution < 1.29 is 0 Å². The van der Waals surface area contributed by atoms with Crippen molar-refractivity contribution in [3.8, 4) is 0 Å². The molecule has 124 valence electrons. The van der Waals surface area contributed by atoms with E-state index in [2.05, 4.69) is 36.0 Å². The highest BCUT2D eigenvalue weighted by atomic mass is 15.2. The number of hydrogen-bond donors (Lipinski definition) is 1. The Bertz CT molecular complexity index is 282. The first-order valence-electron chi connectivity index (χ1n) is 9.40. The van der Waals surface area contributed by atoms with Crippen LogP contribution in [0.2, 0.25) is 0 Å². The molecule has 2 fully saturated rings. The summed E-state index contributed by atoms with van der Waals surface area (Å²) in [6.45, 7) is 11.0. The van der Waals surface area contributed by atoms with Gasteiger partial charge in [0.15, 0.2) is 0 Å². The Labute approximate surface area is 132 Å². The molecule has 21 heavy (non-hydrogen) atoms. The fraction of sp³-hybridized carbons (Fsp3) is 1.00. The minimum Gasteiger partial charge on any atom is -0.314 e. The molecule has 0 bridgehead atoms. The summed E-state index contributed by atoms with van der Waals surface area (Å²) in [7, 11) is 2.29. The van der Waals surface area contributed by atoms with Gasteiger partial charge in [0.25, 0.3) is 0 Å². The molecule has 0 aromatic carbocycles. The van der Waals surface area contributed by atoms with E-state index in [1.165, 1.54) is 77.7 Å². The van der Waals surface area contributed by atoms with Crippen LogP contribution in [0.5, 0.6) is 0 Å². The lowest BCUT2D eigenvalue weighted by molar-refractivity contribution is 0.124. The van der Waals surface area contributed by atoms with E-state index in [-0.39, 0.29) is 0 Å². The van der Waals surface area contributed by atoms with Crippen molar-refractivity contribution in [1.82, 2.24) is 15.1 Å². The van der Waals surface area contributed by atoms with Gasteiger partial charge in [0.05, 0.1) is 0 Å². The van der Waals surface area contributed by atoms with Gasteiger partial charge in [-0.2, -0.15) is 0 Å². The molecular weight excluding hydrogens is 258 g/mol. The van der Waals surface area contributed by atoms with Gasteiger partial charge in [0.1, 0.15) is 0 Å². The predicted molar refractivity (Wildman–Crippen MR) is 91.8 cm³/mol. The highest BCUT2D eigenvalue weighted by Crippen LogP contribution is 2.27. The second kappa shape index (κ2) is 9.12. The van der Waals surface area contributed by atoms with Crippen LogP contribution in [0.25, 0.3) is 0 Å². The first-order valence-corrected chi connectivity index (χ1v) is 9.40. The largest absolute Gasteiger partial charge is 0.314 e. The van der Waals surface area contributed by atoms with Crippen molar-refractivity contribution in [1.29, 1.82) is 0 Å². The Balaban J connectivity index is 1.92. The average Bonchev–Trinajstić information content (AvgIpc) is 2.68. The van der Waals surface area contributed by atoms with E-state index >= 15 is 0 Å². The zero-order valence-electron chi connectivity index (χ0n) is 14.6. The van der Waals surface area contributed by atoms with Crippen LogP contribution >= 0.6 is 0 Å². The summed E-state index contributed by atoms with van der Waals surface area (Å²) < 4.78 is 0. The SMILES string of the molecule is CCCNC1CCCCC1CN1CCCN(C)CC1CC. The molecule has 0 spiro atoms. The Hall–Kier alpha value is -0.120. The highest BCUT2D eigenvalue weighted by Gasteiger charge is 2.29. The lowest BCUT2D eigenvalue weighted by Gasteiger charge is -2.38. The van der Waals surface area contributed by atoms with Crippen molar-refractivity contribution in [2.24, 2.45) is 5.92 Å². The predicted octanol–water partition coefficient (Wildman–Crippen LogP) is 2.96. The molecule has 3 unspecified atom stereocenters. The van der Waals surface area contributed by atoms with Crippen molar-refractivity contribution in [2.75, 3.05) is 39.8 Å². The normalized spacial score (nSPS) is 33.0. The van der Waals surface area contributed by atoms with Crippen molar-refractivity contribution >= 4 is 0 Å². The number of likely N-dealkylation sites (N-methyl/N-ethyl adjacent to an activating group) is 1. The lowest BCUT2D eigenvalue weighted by Crippen LogP contribution is -2.48. The number of hydrogen-bond acceptors (Lipinski definition) is 3. The summed E-state index contributed by atoms with van der Waals surface area (Å²) in [6.07, 6.45) is 9.60. The van der Waals surface area contributed by atoms with E-state index in [1.807, 2.05) is 0 Å². The Morgan fingerprint density at radius 2 is 1.86 bits per heavy atom. The Morgan fingerprint density at radius 3 is 2.62 bits per heavy atom. The van der Waals surface area contributed by atoms with Crippen LogP contribution in [0.3, 0.4) is 0 Å². The van der Waals surface area contributed by atoms with Crippen LogP contribution in [0.1, 0.15) is 58.8 Å². The van der Waals surface area contributed by atoms with Gasteiger partial charge < -0.3 is 10.2 Å². The van der Waals surface area contributed by atoms with E-state index in [0.29, 0.717) is 0 Å². The van der Waals surface area contributed by atoms with Gasteiger partial charge in [-0.1, -0.05) is 26.7 Å². The third kappa shape index (κ3) is 5.22. The molecule has 1 heterocycles. The molecule has 1 N–H and O–H groups in total. The molecule has 1 saturated heterocycles. The summed E-state index contributed by atoms with van der Waals surface area (Å²) in [5.74, 6) is 0.878. The summed E-state index contributed by atoms with van der Waals surface area (Å²) in [5, 5.41) is 3.83. The van der Waals surface area contributed by atoms with Crippen molar-refractivity contribution in [2.45, 2.75) is 70.9 Å². The van der Waals surface area contributed by atoms with Crippen molar-refractivity contribution in [3.05, 3.63) is 0 Å². The van der Waals surface area contributed by atoms with E-state index in [9.17, 15) is 0 Å². The van der Waals surface area contributed by atoms with Crippen LogP contribution in [0.4, 0.5) is 0 Å². The Kier molecular flexibility index (Phi) is 7.48. The molecule has 0 aromatic heterocycles. The fourth-order valence-corrected chi connectivity index (χ4v) is 4.25. The van der Waals surface area contributed by atoms with Gasteiger partial charge >= 0.3 is 0 Å². The maximum Gasteiger partial charge on any atom is 0.0220 e. The quantitative estimate of drug-likeness (QED) is 0.813. The summed E-state index contributed by atoms with van der Waals surface area (Å²) >= 11 is 0. The number of nitrogens with zero attached hydrogens (tertiary/aromatic N) is 2. The minimum absolute atomic E-state index is 0.770. The molecular formula is C18H37N3. The van der Waals surface area contributed by atoms with Crippen LogP contribution in [-0.2, 0) is 0 Å². The highest BCUT2D eigenvalue weighted by molar-refractivity contribution is 4.86. The van der Waals surface area contributed by atoms with Gasteiger partial charge in [-0.25, -0.2) is 0 Å². The molecule has 2 aliphatic rings. The van der Waals surface area contributed by atoms with Gasteiger partial charge in [0.2, 0.25) is 0 Å². The van der Waals surface area contributed by atoms with Gasteiger partial charge in [-0.3, -0.25) is 4.90 Å². The second-order valence-corrected chi connectivity index (χ2v) is 7.28. The van der Waals surface area contributed by atoms with Gasteiger partial charge in [-0.15, -0.1) is 0 Å². The van der Waals surface area contributed by atoms with Gasteiger partial charge in [-0.05, 0) is 64.7 Å². The fourth-order valence-electron chi connectivity index (χ4n) is 4.25. The maximum absolute atomic E-state index is 3.83. The molecule has 3 nitrogen and oxygen atoms in total. The number of nitrogens with one attached hydrogen (secondary N) is 1. The zero-order chi connectivity index (χ0) is 15.1. The first kappa shape index (κ1) is 17.2. The Morgan fingerprint density at radius 1 is 1.05 bits per heavy atom. The molecule has 1 saturated carbocycles. The molecule has 0 aromatic rings. The smallest absolute Gasteiger partial charge is 0.0220 e. The van der Waals surface area contributed by atoms with Crippen LogP contribution in [-0.4, -0.2) is 61.7 Å². The molecule has 0 amide bonds. The standard InChI is InChI=1S/C18H37N3/c1-4-11-19-18-10-7-6-9-16(18)14-21-13-8-12-20(3)15-17(21)5-2/h16-19H,4-15H2,1-3H3. The van der Waals surface area contributed by atoms with Gasteiger partial charge in [0, 0.05) is 25.2 Å². The minimum atomic E-state index is 0.770. The van der Waals surface area contributed by atoms with E-state index < -0.39 is 0 Å². The molecule has 1 aliphatic heterocycles. The summed E-state index contributed by atoms with van der Waals surface area (Å²) in [6, 6.07) is 1.54. The van der Waals surface area contributed by atoms with Crippen LogP contribution in [0, 0.1) is 5.92 Å². The van der Waals surface area contributed by atoms with Crippen molar-refractivity contribution in [3.63, 3.8) is 0 Å². The molecule has 0 radical (unpaired) electrons. The first-order chi connectivity index (χ1) is 10.2. The monoisotopic (exact) mass is 295 g/mol.